The van der Waals surface area contributed by atoms with E-state index in [4.69, 9.17) is 4.74 Å². The molecule has 0 aliphatic heterocycles. The van der Waals surface area contributed by atoms with Crippen LogP contribution in [0.2, 0.25) is 0 Å². The lowest BCUT2D eigenvalue weighted by Gasteiger charge is -2.22. The highest BCUT2D eigenvalue weighted by atomic mass is 16.6. The van der Waals surface area contributed by atoms with Gasteiger partial charge in [0.25, 0.3) is 5.69 Å². The number of benzene rings is 2. The van der Waals surface area contributed by atoms with Crippen molar-refractivity contribution in [3.8, 4) is 0 Å². The highest BCUT2D eigenvalue weighted by molar-refractivity contribution is 5.72. The summed E-state index contributed by atoms with van der Waals surface area (Å²) in [5.41, 5.74) is 0.896. The molecule has 0 radical (unpaired) electrons. The first-order chi connectivity index (χ1) is 17.8. The molecule has 1 atom stereocenters. The third-order valence-electron chi connectivity index (χ3n) is 5.72. The lowest BCUT2D eigenvalue weighted by molar-refractivity contribution is -0.393. The van der Waals surface area contributed by atoms with Crippen LogP contribution in [0.3, 0.4) is 0 Å². The third kappa shape index (κ3) is 9.39. The summed E-state index contributed by atoms with van der Waals surface area (Å²) in [6, 6.07) is 8.67. The van der Waals surface area contributed by atoms with Crippen LogP contribution in [0.4, 0.5) is 34.1 Å². The molecule has 2 rings (SSSR count). The van der Waals surface area contributed by atoms with E-state index >= 15 is 0 Å². The normalized spacial score (nSPS) is 12.0. The molecule has 2 N–H and O–H groups in total. The summed E-state index contributed by atoms with van der Waals surface area (Å²) in [5.74, 6) is 0. The Hall–Kier alpha value is -3.64. The van der Waals surface area contributed by atoms with Gasteiger partial charge in [-0.1, -0.05) is 26.2 Å². The number of aliphatic hydroxyl groups excluding tert-OH is 1. The van der Waals surface area contributed by atoms with Crippen molar-refractivity contribution in [2.24, 2.45) is 10.2 Å². The van der Waals surface area contributed by atoms with Gasteiger partial charge in [-0.3, -0.25) is 20.2 Å². The average molecular weight is 517 g/mol. The van der Waals surface area contributed by atoms with Crippen molar-refractivity contribution in [2.75, 3.05) is 43.1 Å². The van der Waals surface area contributed by atoms with Crippen LogP contribution in [-0.4, -0.2) is 53.9 Å². The molecule has 0 aromatic heterocycles. The van der Waals surface area contributed by atoms with Crippen molar-refractivity contribution in [1.82, 2.24) is 0 Å². The molecule has 0 spiro atoms. The van der Waals surface area contributed by atoms with Gasteiger partial charge < -0.3 is 20.1 Å². The fraction of sp³-hybridized carbons (Fsp3) is 0.520. The molecule has 0 bridgehead atoms. The number of hydrogen-bond acceptors (Lipinski definition) is 10. The second-order valence-corrected chi connectivity index (χ2v) is 8.43. The molecule has 1 unspecified atom stereocenters. The summed E-state index contributed by atoms with van der Waals surface area (Å²) >= 11 is 0. The summed E-state index contributed by atoms with van der Waals surface area (Å²) < 4.78 is 5.57. The number of nitro groups is 2. The van der Waals surface area contributed by atoms with Gasteiger partial charge in [-0.15, -0.1) is 10.2 Å². The van der Waals surface area contributed by atoms with Gasteiger partial charge in [0.1, 0.15) is 5.69 Å². The second-order valence-electron chi connectivity index (χ2n) is 8.43. The van der Waals surface area contributed by atoms with E-state index in [1.807, 2.05) is 26.0 Å². The maximum atomic E-state index is 11.4. The second kappa shape index (κ2) is 15.5. The number of ether oxygens (including phenoxy) is 1. The molecule has 0 aliphatic carbocycles. The van der Waals surface area contributed by atoms with E-state index in [0.29, 0.717) is 18.0 Å². The Morgan fingerprint density at radius 1 is 0.973 bits per heavy atom. The average Bonchev–Trinajstić information content (AvgIpc) is 2.89. The number of hydrogen-bond donors (Lipinski definition) is 2. The molecular formula is C25H36N6O6. The molecule has 37 heavy (non-hydrogen) atoms. The van der Waals surface area contributed by atoms with Gasteiger partial charge in [-0.05, 0) is 44.5 Å². The summed E-state index contributed by atoms with van der Waals surface area (Å²) in [5, 5.41) is 44.1. The Balaban J connectivity index is 2.21. The Labute approximate surface area is 216 Å². The van der Waals surface area contributed by atoms with Crippen molar-refractivity contribution in [2.45, 2.75) is 52.6 Å². The Morgan fingerprint density at radius 3 is 2.32 bits per heavy atom. The highest BCUT2D eigenvalue weighted by Crippen LogP contribution is 2.35. The van der Waals surface area contributed by atoms with Crippen LogP contribution in [0.15, 0.2) is 46.6 Å². The first-order valence-corrected chi connectivity index (χ1v) is 12.5. The molecule has 0 heterocycles. The summed E-state index contributed by atoms with van der Waals surface area (Å²) in [7, 11) is 0. The number of azo groups is 1. The minimum atomic E-state index is -0.746. The quantitative estimate of drug-likeness (QED) is 0.110. The van der Waals surface area contributed by atoms with Crippen LogP contribution in [0.5, 0.6) is 0 Å². The molecule has 12 heteroatoms. The summed E-state index contributed by atoms with van der Waals surface area (Å²) in [4.78, 5) is 23.1. The van der Waals surface area contributed by atoms with E-state index < -0.39 is 27.3 Å². The molecule has 0 aliphatic rings. The number of rotatable bonds is 17. The maximum Gasteiger partial charge on any atom is 0.303 e. The lowest BCUT2D eigenvalue weighted by Crippen LogP contribution is -2.25. The minimum Gasteiger partial charge on any atom is -0.389 e. The third-order valence-corrected chi connectivity index (χ3v) is 5.72. The number of nitrogens with zero attached hydrogens (tertiary/aromatic N) is 5. The van der Waals surface area contributed by atoms with E-state index in [9.17, 15) is 25.3 Å². The zero-order chi connectivity index (χ0) is 27.2. The number of unbranched alkanes of at least 4 members (excludes halogenated alkanes) is 3. The predicted molar refractivity (Wildman–Crippen MR) is 143 cm³/mol. The van der Waals surface area contributed by atoms with Crippen molar-refractivity contribution in [3.05, 3.63) is 56.6 Å². The molecule has 0 fully saturated rings. The summed E-state index contributed by atoms with van der Waals surface area (Å²) in [6.45, 7) is 8.81. The molecule has 2 aromatic carbocycles. The first-order valence-electron chi connectivity index (χ1n) is 12.5. The number of nitrogens with one attached hydrogen (secondary N) is 1. The van der Waals surface area contributed by atoms with E-state index in [0.717, 1.165) is 56.6 Å². The molecular weight excluding hydrogens is 480 g/mol. The molecule has 12 nitrogen and oxygen atoms in total. The zero-order valence-corrected chi connectivity index (χ0v) is 21.6. The van der Waals surface area contributed by atoms with E-state index in [1.165, 1.54) is 6.07 Å². The smallest absolute Gasteiger partial charge is 0.303 e. The van der Waals surface area contributed by atoms with Gasteiger partial charge in [0.05, 0.1) is 34.3 Å². The lowest BCUT2D eigenvalue weighted by atomic mass is 10.2. The standard InChI is InChI=1S/C25H36N6O6/c1-4-7-8-9-14-37-18-21(32)17-26-24-15-19(29(5-2)6-3)10-12-22(24)27-28-23-13-11-20(30(33)34)16-25(23)31(35)36/h10-13,15-16,21,26,32H,4-9,14,17-18H2,1-3H3/b28-27+. The van der Waals surface area contributed by atoms with Gasteiger partial charge in [0.2, 0.25) is 0 Å². The van der Waals surface area contributed by atoms with Crippen LogP contribution >= 0.6 is 0 Å². The van der Waals surface area contributed by atoms with Crippen LogP contribution in [0.25, 0.3) is 0 Å². The van der Waals surface area contributed by atoms with Crippen molar-refractivity contribution in [3.63, 3.8) is 0 Å². The molecule has 0 saturated carbocycles. The van der Waals surface area contributed by atoms with Crippen LogP contribution < -0.4 is 10.2 Å². The Bertz CT molecular complexity index is 1060. The number of non-ortho nitro benzene ring substituents is 1. The van der Waals surface area contributed by atoms with Crippen molar-refractivity contribution in [1.29, 1.82) is 0 Å². The fourth-order valence-electron chi connectivity index (χ4n) is 3.64. The fourth-order valence-corrected chi connectivity index (χ4v) is 3.64. The maximum absolute atomic E-state index is 11.4. The van der Waals surface area contributed by atoms with E-state index in [-0.39, 0.29) is 18.8 Å². The largest absolute Gasteiger partial charge is 0.389 e. The van der Waals surface area contributed by atoms with Gasteiger partial charge in [0.15, 0.2) is 5.69 Å². The molecule has 0 saturated heterocycles. The Morgan fingerprint density at radius 2 is 1.68 bits per heavy atom. The number of aliphatic hydroxyl groups is 1. The first kappa shape index (κ1) is 29.6. The number of nitro benzene ring substituents is 2. The van der Waals surface area contributed by atoms with Crippen LogP contribution in [0.1, 0.15) is 46.5 Å². The van der Waals surface area contributed by atoms with Gasteiger partial charge in [-0.25, -0.2) is 0 Å². The summed E-state index contributed by atoms with van der Waals surface area (Å²) in [6.07, 6.45) is 3.63. The topological polar surface area (TPSA) is 156 Å². The molecule has 202 valence electrons. The predicted octanol–water partition coefficient (Wildman–Crippen LogP) is 6.13. The molecule has 0 amide bonds. The van der Waals surface area contributed by atoms with Gasteiger partial charge in [-0.2, -0.15) is 0 Å². The molecule has 2 aromatic rings. The highest BCUT2D eigenvalue weighted by Gasteiger charge is 2.19. The van der Waals surface area contributed by atoms with Gasteiger partial charge in [0, 0.05) is 38.0 Å². The van der Waals surface area contributed by atoms with Crippen LogP contribution in [0, 0.1) is 20.2 Å². The number of anilines is 2. The monoisotopic (exact) mass is 516 g/mol. The van der Waals surface area contributed by atoms with Crippen molar-refractivity contribution >= 4 is 34.1 Å². The Kier molecular flexibility index (Phi) is 12.4. The minimum absolute atomic E-state index is 0.106. The zero-order valence-electron chi connectivity index (χ0n) is 21.6. The van der Waals surface area contributed by atoms with Crippen LogP contribution in [-0.2, 0) is 4.74 Å². The van der Waals surface area contributed by atoms with Crippen molar-refractivity contribution < 1.29 is 19.7 Å². The van der Waals surface area contributed by atoms with Gasteiger partial charge >= 0.3 is 5.69 Å². The van der Waals surface area contributed by atoms with E-state index in [2.05, 4.69) is 27.4 Å². The SMILES string of the molecule is CCCCCCOCC(O)CNc1cc(N(CC)CC)ccc1/N=N/c1ccc([N+](=O)[O-])cc1[N+](=O)[O-]. The van der Waals surface area contributed by atoms with E-state index in [1.54, 1.807) is 6.07 Å².